The molecule has 0 saturated heterocycles. The number of benzene rings is 1. The second kappa shape index (κ2) is 5.94. The Morgan fingerprint density at radius 1 is 1.39 bits per heavy atom. The number of amides is 1. The number of alkyl halides is 3. The van der Waals surface area contributed by atoms with E-state index in [9.17, 15) is 18.0 Å². The van der Waals surface area contributed by atoms with Crippen LogP contribution in [0.25, 0.3) is 0 Å². The van der Waals surface area contributed by atoms with E-state index in [1.54, 1.807) is 18.2 Å². The van der Waals surface area contributed by atoms with Crippen LogP contribution in [-0.2, 0) is 11.2 Å². The van der Waals surface area contributed by atoms with E-state index in [2.05, 4.69) is 0 Å². The fraction of sp³-hybridized carbons (Fsp3) is 0.562. The second-order valence-electron chi connectivity index (χ2n) is 6.00. The molecule has 1 aromatic carbocycles. The summed E-state index contributed by atoms with van der Waals surface area (Å²) in [5.41, 5.74) is 0.789. The van der Waals surface area contributed by atoms with Gasteiger partial charge < -0.3 is 14.4 Å². The molecule has 0 unspecified atom stereocenters. The van der Waals surface area contributed by atoms with Gasteiger partial charge in [-0.15, -0.1) is 0 Å². The van der Waals surface area contributed by atoms with Crippen LogP contribution in [0.4, 0.5) is 13.2 Å². The van der Waals surface area contributed by atoms with E-state index in [0.717, 1.165) is 10.5 Å². The van der Waals surface area contributed by atoms with E-state index in [1.807, 2.05) is 0 Å². The number of fused-ring (bicyclic) bond motifs is 1. The van der Waals surface area contributed by atoms with Crippen molar-refractivity contribution >= 4 is 5.91 Å². The molecule has 1 saturated carbocycles. The number of carbonyl (C=O) groups excluding carboxylic acids is 1. The number of halogens is 3. The summed E-state index contributed by atoms with van der Waals surface area (Å²) in [7, 11) is 1.53. The summed E-state index contributed by atoms with van der Waals surface area (Å²) < 4.78 is 48.8. The van der Waals surface area contributed by atoms with Gasteiger partial charge in [0.1, 0.15) is 24.7 Å². The molecule has 23 heavy (non-hydrogen) atoms. The summed E-state index contributed by atoms with van der Waals surface area (Å²) in [6.07, 6.45) is -2.74. The van der Waals surface area contributed by atoms with Crippen LogP contribution in [-0.4, -0.2) is 43.3 Å². The third-order valence-electron chi connectivity index (χ3n) is 4.14. The van der Waals surface area contributed by atoms with Crippen molar-refractivity contribution in [3.63, 3.8) is 0 Å². The zero-order valence-corrected chi connectivity index (χ0v) is 12.7. The van der Waals surface area contributed by atoms with Crippen molar-refractivity contribution in [2.45, 2.75) is 31.5 Å². The van der Waals surface area contributed by atoms with Crippen LogP contribution in [0.1, 0.15) is 18.4 Å². The van der Waals surface area contributed by atoms with E-state index in [-0.39, 0.29) is 12.6 Å². The van der Waals surface area contributed by atoms with Gasteiger partial charge >= 0.3 is 6.18 Å². The number of hydrogen-bond acceptors (Lipinski definition) is 3. The number of hydrogen-bond donors (Lipinski definition) is 0. The van der Waals surface area contributed by atoms with Gasteiger partial charge in [-0.2, -0.15) is 13.2 Å². The Hall–Kier alpha value is -1.92. The van der Waals surface area contributed by atoms with Gasteiger partial charge in [0.05, 0.1) is 13.0 Å². The van der Waals surface area contributed by atoms with E-state index >= 15 is 0 Å². The molecule has 126 valence electrons. The monoisotopic (exact) mass is 329 g/mol. The molecule has 1 atom stereocenters. The van der Waals surface area contributed by atoms with Gasteiger partial charge in [-0.1, -0.05) is 0 Å². The Morgan fingerprint density at radius 2 is 2.13 bits per heavy atom. The lowest BCUT2D eigenvalue weighted by molar-refractivity contribution is -0.165. The van der Waals surface area contributed by atoms with Crippen molar-refractivity contribution in [1.29, 1.82) is 0 Å². The fourth-order valence-electron chi connectivity index (χ4n) is 2.86. The van der Waals surface area contributed by atoms with Crippen molar-refractivity contribution in [3.8, 4) is 11.5 Å². The minimum atomic E-state index is -4.38. The molecule has 0 bridgehead atoms. The first-order valence-electron chi connectivity index (χ1n) is 7.54. The first-order chi connectivity index (χ1) is 10.9. The summed E-state index contributed by atoms with van der Waals surface area (Å²) in [4.78, 5) is 13.5. The molecule has 1 aliphatic heterocycles. The smallest absolute Gasteiger partial charge is 0.406 e. The molecule has 0 N–H and O–H groups in total. The Kier molecular flexibility index (Phi) is 4.12. The molecule has 1 aliphatic carbocycles. The van der Waals surface area contributed by atoms with Crippen molar-refractivity contribution < 1.29 is 27.4 Å². The van der Waals surface area contributed by atoms with Crippen molar-refractivity contribution in [3.05, 3.63) is 23.8 Å². The molecule has 4 nitrogen and oxygen atoms in total. The Morgan fingerprint density at radius 3 is 2.74 bits per heavy atom. The standard InChI is InChI=1S/C16H18F3NO3/c1-22-13-4-5-14-10(7-13)6-11(8-23-14)15(21)20(12-2-3-12)9-16(17,18)19/h4-5,7,11-12H,2-3,6,8-9H2,1H3/t11-/m1/s1. The van der Waals surface area contributed by atoms with Crippen molar-refractivity contribution in [2.75, 3.05) is 20.3 Å². The summed E-state index contributed by atoms with van der Waals surface area (Å²) in [5, 5.41) is 0. The predicted octanol–water partition coefficient (Wildman–Crippen LogP) is 2.80. The number of rotatable bonds is 4. The Bertz CT molecular complexity index is 599. The van der Waals surface area contributed by atoms with E-state index < -0.39 is 24.5 Å². The maximum Gasteiger partial charge on any atom is 0.406 e. The Labute approximate surface area is 132 Å². The van der Waals surface area contributed by atoms with Gasteiger partial charge in [0.25, 0.3) is 0 Å². The van der Waals surface area contributed by atoms with Crippen LogP contribution >= 0.6 is 0 Å². The quantitative estimate of drug-likeness (QED) is 0.853. The fourth-order valence-corrected chi connectivity index (χ4v) is 2.86. The van der Waals surface area contributed by atoms with Gasteiger partial charge in [0.15, 0.2) is 0 Å². The minimum Gasteiger partial charge on any atom is -0.497 e. The molecular formula is C16H18F3NO3. The SMILES string of the molecule is COc1ccc2c(c1)C[C@@H](C(=O)N(CC(F)(F)F)C1CC1)CO2. The molecule has 1 aromatic rings. The lowest BCUT2D eigenvalue weighted by Gasteiger charge is -2.31. The van der Waals surface area contributed by atoms with E-state index in [1.165, 1.54) is 7.11 Å². The van der Waals surface area contributed by atoms with Gasteiger partial charge in [-0.05, 0) is 43.0 Å². The normalized spacial score (nSPS) is 20.4. The van der Waals surface area contributed by atoms with Crippen LogP contribution < -0.4 is 9.47 Å². The van der Waals surface area contributed by atoms with E-state index in [4.69, 9.17) is 9.47 Å². The summed E-state index contributed by atoms with van der Waals surface area (Å²) in [5.74, 6) is 0.231. The number of ether oxygens (including phenoxy) is 2. The molecule has 1 heterocycles. The molecule has 1 fully saturated rings. The average molecular weight is 329 g/mol. The molecule has 0 aromatic heterocycles. The topological polar surface area (TPSA) is 38.8 Å². The van der Waals surface area contributed by atoms with E-state index in [0.29, 0.717) is 30.8 Å². The Balaban J connectivity index is 1.74. The van der Waals surface area contributed by atoms with Gasteiger partial charge in [-0.25, -0.2) is 0 Å². The minimum absolute atomic E-state index is 0.110. The summed E-state index contributed by atoms with van der Waals surface area (Å²) in [6, 6.07) is 4.99. The zero-order valence-electron chi connectivity index (χ0n) is 12.7. The highest BCUT2D eigenvalue weighted by molar-refractivity contribution is 5.80. The third kappa shape index (κ3) is 3.71. The number of nitrogens with zero attached hydrogens (tertiary/aromatic N) is 1. The van der Waals surface area contributed by atoms with Crippen molar-refractivity contribution in [2.24, 2.45) is 5.92 Å². The summed E-state index contributed by atoms with van der Waals surface area (Å²) >= 11 is 0. The van der Waals surface area contributed by atoms with Gasteiger partial charge in [-0.3, -0.25) is 4.79 Å². The predicted molar refractivity (Wildman–Crippen MR) is 76.5 cm³/mol. The molecule has 3 rings (SSSR count). The third-order valence-corrected chi connectivity index (χ3v) is 4.14. The first kappa shape index (κ1) is 16.0. The zero-order chi connectivity index (χ0) is 16.6. The molecule has 1 amide bonds. The van der Waals surface area contributed by atoms with Crippen LogP contribution in [0, 0.1) is 5.92 Å². The van der Waals surface area contributed by atoms with Crippen LogP contribution in [0.3, 0.4) is 0 Å². The number of carbonyl (C=O) groups is 1. The first-order valence-corrected chi connectivity index (χ1v) is 7.54. The van der Waals surface area contributed by atoms with Gasteiger partial charge in [0.2, 0.25) is 5.91 Å². The van der Waals surface area contributed by atoms with Crippen molar-refractivity contribution in [1.82, 2.24) is 4.90 Å². The molecule has 0 spiro atoms. The van der Waals surface area contributed by atoms with Gasteiger partial charge in [0, 0.05) is 6.04 Å². The second-order valence-corrected chi connectivity index (χ2v) is 6.00. The lowest BCUT2D eigenvalue weighted by Crippen LogP contribution is -2.46. The average Bonchev–Trinajstić information content (AvgIpc) is 3.34. The molecule has 7 heteroatoms. The largest absolute Gasteiger partial charge is 0.497 e. The van der Waals surface area contributed by atoms with Crippen LogP contribution in [0.2, 0.25) is 0 Å². The number of methoxy groups -OCH3 is 1. The molecular weight excluding hydrogens is 311 g/mol. The highest BCUT2D eigenvalue weighted by Gasteiger charge is 2.43. The maximum absolute atomic E-state index is 12.7. The maximum atomic E-state index is 12.7. The molecule has 2 aliphatic rings. The van der Waals surface area contributed by atoms with Crippen LogP contribution in [0.15, 0.2) is 18.2 Å². The molecule has 0 radical (unpaired) electrons. The summed E-state index contributed by atoms with van der Waals surface area (Å²) in [6.45, 7) is -1.07. The highest BCUT2D eigenvalue weighted by Crippen LogP contribution is 2.35. The van der Waals surface area contributed by atoms with Crippen LogP contribution in [0.5, 0.6) is 11.5 Å². The lowest BCUT2D eigenvalue weighted by atomic mass is 9.95. The highest BCUT2D eigenvalue weighted by atomic mass is 19.4.